The molecule has 0 radical (unpaired) electrons. The van der Waals surface area contributed by atoms with E-state index in [2.05, 4.69) is 23.7 Å². The highest BCUT2D eigenvalue weighted by atomic mass is 79.9. The van der Waals surface area contributed by atoms with Gasteiger partial charge in [0.25, 0.3) is 0 Å². The van der Waals surface area contributed by atoms with Crippen LogP contribution in [-0.2, 0) is 4.74 Å². The van der Waals surface area contributed by atoms with Crippen molar-refractivity contribution in [2.45, 2.75) is 0 Å². The van der Waals surface area contributed by atoms with Crippen molar-refractivity contribution >= 4 is 0 Å². The Morgan fingerprint density at radius 3 is 1.60 bits per heavy atom. The molecule has 2 aromatic carbocycles. The average Bonchev–Trinajstić information content (AvgIpc) is 2.64. The van der Waals surface area contributed by atoms with E-state index >= 15 is 0 Å². The number of morpholine rings is 1. The molecule has 128 valence electrons. The number of benzene rings is 2. The van der Waals surface area contributed by atoms with Gasteiger partial charge in [0.1, 0.15) is 26.2 Å². The van der Waals surface area contributed by atoms with E-state index in [-0.39, 0.29) is 17.0 Å². The van der Waals surface area contributed by atoms with E-state index in [1.54, 1.807) is 0 Å². The van der Waals surface area contributed by atoms with Crippen LogP contribution in [0.5, 0.6) is 0 Å². The molecule has 0 spiro atoms. The minimum absolute atomic E-state index is 0. The van der Waals surface area contributed by atoms with Crippen LogP contribution in [0.3, 0.4) is 0 Å². The zero-order valence-electron chi connectivity index (χ0n) is 14.2. The smallest absolute Gasteiger partial charge is 0.142 e. The Balaban J connectivity index is 0.00000225. The molecule has 0 bridgehead atoms. The van der Waals surface area contributed by atoms with Crippen LogP contribution in [0.25, 0.3) is 0 Å². The second kappa shape index (κ2) is 10.1. The summed E-state index contributed by atoms with van der Waals surface area (Å²) >= 11 is 0. The van der Waals surface area contributed by atoms with Gasteiger partial charge in [0.2, 0.25) is 0 Å². The average molecular weight is 396 g/mol. The van der Waals surface area contributed by atoms with E-state index in [9.17, 15) is 0 Å². The fraction of sp³-hybridized carbons (Fsp3) is 0.273. The fourth-order valence-corrected chi connectivity index (χ4v) is 2.76. The lowest BCUT2D eigenvalue weighted by atomic mass is 10.2. The third kappa shape index (κ3) is 6.07. The van der Waals surface area contributed by atoms with Crippen LogP contribution in [0, 0.1) is 23.7 Å². The number of ether oxygens (including phenoxy) is 1. The first kappa shape index (κ1) is 19.3. The van der Waals surface area contributed by atoms with Crippen LogP contribution in [0.4, 0.5) is 0 Å². The van der Waals surface area contributed by atoms with Crippen LogP contribution in [0.2, 0.25) is 0 Å². The van der Waals surface area contributed by atoms with Crippen molar-refractivity contribution in [3.63, 3.8) is 0 Å². The van der Waals surface area contributed by atoms with E-state index in [1.165, 1.54) is 0 Å². The van der Waals surface area contributed by atoms with Gasteiger partial charge in [-0.1, -0.05) is 48.2 Å². The maximum atomic E-state index is 5.54. The number of rotatable bonds is 2. The minimum atomic E-state index is 0. The first-order valence-corrected chi connectivity index (χ1v) is 8.37. The Bertz CT molecular complexity index is 698. The fourth-order valence-electron chi connectivity index (χ4n) is 2.76. The van der Waals surface area contributed by atoms with Crippen molar-refractivity contribution in [2.24, 2.45) is 0 Å². The summed E-state index contributed by atoms with van der Waals surface area (Å²) in [6.45, 7) is 5.18. The normalized spacial score (nSPS) is 14.9. The molecule has 25 heavy (non-hydrogen) atoms. The van der Waals surface area contributed by atoms with Gasteiger partial charge in [0.05, 0.1) is 13.2 Å². The van der Waals surface area contributed by atoms with E-state index < -0.39 is 0 Å². The maximum Gasteiger partial charge on any atom is 0.142 e. The molecule has 1 aliphatic rings. The summed E-state index contributed by atoms with van der Waals surface area (Å²) in [4.78, 5) is 0. The molecule has 0 saturated carbocycles. The zero-order valence-corrected chi connectivity index (χ0v) is 15.8. The molecule has 1 saturated heterocycles. The van der Waals surface area contributed by atoms with Gasteiger partial charge in [-0.05, 0) is 36.1 Å². The lowest BCUT2D eigenvalue weighted by molar-refractivity contribution is -0.922. The monoisotopic (exact) mass is 395 g/mol. The molecule has 2 nitrogen and oxygen atoms in total. The highest BCUT2D eigenvalue weighted by Crippen LogP contribution is 2.10. The lowest BCUT2D eigenvalue weighted by Crippen LogP contribution is -3.00. The van der Waals surface area contributed by atoms with Crippen molar-refractivity contribution in [1.82, 2.24) is 0 Å². The predicted molar refractivity (Wildman–Crippen MR) is 97.2 cm³/mol. The molecule has 0 amide bonds. The van der Waals surface area contributed by atoms with E-state index in [0.717, 1.165) is 55.0 Å². The van der Waals surface area contributed by atoms with Gasteiger partial charge in [-0.3, -0.25) is 4.48 Å². The Morgan fingerprint density at radius 2 is 1.16 bits per heavy atom. The van der Waals surface area contributed by atoms with Gasteiger partial charge in [0, 0.05) is 11.1 Å². The van der Waals surface area contributed by atoms with E-state index in [1.807, 2.05) is 60.7 Å². The molecule has 3 rings (SSSR count). The summed E-state index contributed by atoms with van der Waals surface area (Å²) in [7, 11) is 0. The number of hydrogen-bond donors (Lipinski definition) is 0. The number of hydrogen-bond acceptors (Lipinski definition) is 1. The van der Waals surface area contributed by atoms with Gasteiger partial charge in [0.15, 0.2) is 0 Å². The van der Waals surface area contributed by atoms with Gasteiger partial charge >= 0.3 is 0 Å². The molecule has 0 aliphatic carbocycles. The molecular weight excluding hydrogens is 374 g/mol. The van der Waals surface area contributed by atoms with Crippen LogP contribution < -0.4 is 17.0 Å². The molecular formula is C22H22BrNO. The highest BCUT2D eigenvalue weighted by molar-refractivity contribution is 5.34. The van der Waals surface area contributed by atoms with Gasteiger partial charge in [-0.15, -0.1) is 0 Å². The number of halogens is 1. The molecule has 0 atom stereocenters. The summed E-state index contributed by atoms with van der Waals surface area (Å²) in [5.41, 5.74) is 2.14. The summed E-state index contributed by atoms with van der Waals surface area (Å²) < 4.78 is 6.44. The van der Waals surface area contributed by atoms with Crippen molar-refractivity contribution in [3.8, 4) is 23.7 Å². The van der Waals surface area contributed by atoms with Gasteiger partial charge in [-0.2, -0.15) is 0 Å². The highest BCUT2D eigenvalue weighted by Gasteiger charge is 2.28. The third-order valence-corrected chi connectivity index (χ3v) is 4.26. The standard InChI is InChI=1S/C22H22NO.BrH/c1-3-9-21(10-4-1)13-7-15-23(17-19-24-20-18-23)16-8-14-22-11-5-2-6-12-22;/h1-6,9-12H,15-20H2;1H/q+1;/p-1. The molecule has 2 aromatic rings. The first-order valence-electron chi connectivity index (χ1n) is 8.37. The summed E-state index contributed by atoms with van der Waals surface area (Å²) in [5.74, 6) is 13.3. The SMILES string of the molecule is C(#Cc1ccccc1)C[N+]1(CC#Cc2ccccc2)CCOCC1.[Br-]. The van der Waals surface area contributed by atoms with Crippen molar-refractivity contribution in [2.75, 3.05) is 39.4 Å². The zero-order chi connectivity index (χ0) is 16.5. The second-order valence-corrected chi connectivity index (χ2v) is 6.05. The van der Waals surface area contributed by atoms with E-state index in [4.69, 9.17) is 4.74 Å². The molecule has 1 fully saturated rings. The Morgan fingerprint density at radius 1 is 0.720 bits per heavy atom. The van der Waals surface area contributed by atoms with Crippen molar-refractivity contribution in [3.05, 3.63) is 71.8 Å². The predicted octanol–water partition coefficient (Wildman–Crippen LogP) is -0.0592. The first-order chi connectivity index (χ1) is 11.9. The van der Waals surface area contributed by atoms with Crippen LogP contribution in [-0.4, -0.2) is 43.9 Å². The van der Waals surface area contributed by atoms with Crippen LogP contribution >= 0.6 is 0 Å². The molecule has 0 aromatic heterocycles. The Kier molecular flexibility index (Phi) is 7.76. The molecule has 1 heterocycles. The van der Waals surface area contributed by atoms with Crippen molar-refractivity contribution < 1.29 is 26.2 Å². The third-order valence-electron chi connectivity index (χ3n) is 4.26. The van der Waals surface area contributed by atoms with Crippen LogP contribution in [0.1, 0.15) is 11.1 Å². The minimum Gasteiger partial charge on any atom is -1.00 e. The Hall–Kier alpha value is -2.04. The summed E-state index contributed by atoms with van der Waals surface area (Å²) in [6.07, 6.45) is 0. The summed E-state index contributed by atoms with van der Waals surface area (Å²) in [6, 6.07) is 20.3. The van der Waals surface area contributed by atoms with Gasteiger partial charge in [-0.25, -0.2) is 0 Å². The number of nitrogens with zero attached hydrogens (tertiary/aromatic N) is 1. The van der Waals surface area contributed by atoms with Crippen LogP contribution in [0.15, 0.2) is 60.7 Å². The molecule has 1 aliphatic heterocycles. The van der Waals surface area contributed by atoms with Gasteiger partial charge < -0.3 is 21.7 Å². The second-order valence-electron chi connectivity index (χ2n) is 6.05. The van der Waals surface area contributed by atoms with E-state index in [0.29, 0.717) is 0 Å². The summed E-state index contributed by atoms with van der Waals surface area (Å²) in [5, 5.41) is 0. The largest absolute Gasteiger partial charge is 1.00 e. The topological polar surface area (TPSA) is 9.23 Å². The number of quaternary nitrogens is 1. The van der Waals surface area contributed by atoms with Crippen molar-refractivity contribution in [1.29, 1.82) is 0 Å². The molecule has 0 N–H and O–H groups in total. The molecule has 3 heteroatoms. The molecule has 0 unspecified atom stereocenters. The Labute approximate surface area is 161 Å². The maximum absolute atomic E-state index is 5.54. The lowest BCUT2D eigenvalue weighted by Gasteiger charge is -2.38. The quantitative estimate of drug-likeness (QED) is 0.511.